The second-order valence-corrected chi connectivity index (χ2v) is 9.67. The summed E-state index contributed by atoms with van der Waals surface area (Å²) in [5.74, 6) is 0.0176. The van der Waals surface area contributed by atoms with Crippen LogP contribution < -0.4 is 10.0 Å². The van der Waals surface area contributed by atoms with Gasteiger partial charge in [-0.05, 0) is 55.5 Å². The number of hydrogen-bond donors (Lipinski definition) is 3. The fraction of sp³-hybridized carbons (Fsp3) is 0.0952. The van der Waals surface area contributed by atoms with Crippen molar-refractivity contribution < 1.29 is 13.2 Å². The second kappa shape index (κ2) is 8.78. The summed E-state index contributed by atoms with van der Waals surface area (Å²) in [6, 6.07) is 18.5. The maximum atomic E-state index is 12.5. The summed E-state index contributed by atoms with van der Waals surface area (Å²) in [6.07, 6.45) is 1.50. The van der Waals surface area contributed by atoms with Gasteiger partial charge in [-0.15, -0.1) is 0 Å². The van der Waals surface area contributed by atoms with Gasteiger partial charge in [0.15, 0.2) is 5.16 Å². The Morgan fingerprint density at radius 2 is 1.77 bits per heavy atom. The van der Waals surface area contributed by atoms with E-state index < -0.39 is 15.3 Å². The standard InChI is InChI=1S/C21H19N5O3S2/c1-14(30-21-24-17-6-2-3-7-18(17)25-21)20(27)23-15-9-11-16(12-10-15)31(28,29)26-19-8-4-5-13-22-19/h2-14H,1H3,(H,22,26)(H,23,27)(H,24,25). The Balaban J connectivity index is 1.39. The van der Waals surface area contributed by atoms with Crippen LogP contribution in [-0.2, 0) is 14.8 Å². The smallest absolute Gasteiger partial charge is 0.263 e. The number of anilines is 2. The number of fused-ring (bicyclic) bond motifs is 1. The van der Waals surface area contributed by atoms with Crippen LogP contribution in [0.3, 0.4) is 0 Å². The van der Waals surface area contributed by atoms with Gasteiger partial charge in [0, 0.05) is 11.9 Å². The molecule has 0 fully saturated rings. The van der Waals surface area contributed by atoms with Crippen molar-refractivity contribution in [3.8, 4) is 0 Å². The van der Waals surface area contributed by atoms with Crippen LogP contribution in [0.5, 0.6) is 0 Å². The van der Waals surface area contributed by atoms with Crippen LogP contribution in [0.15, 0.2) is 83.0 Å². The molecule has 0 bridgehead atoms. The van der Waals surface area contributed by atoms with E-state index in [0.29, 0.717) is 10.8 Å². The number of sulfonamides is 1. The number of nitrogens with zero attached hydrogens (tertiary/aromatic N) is 2. The van der Waals surface area contributed by atoms with E-state index >= 15 is 0 Å². The number of imidazole rings is 1. The molecule has 158 valence electrons. The summed E-state index contributed by atoms with van der Waals surface area (Å²) in [5, 5.41) is 3.05. The number of pyridine rings is 1. The Bertz CT molecular complexity index is 1270. The van der Waals surface area contributed by atoms with Gasteiger partial charge >= 0.3 is 0 Å². The zero-order valence-electron chi connectivity index (χ0n) is 16.4. The summed E-state index contributed by atoms with van der Waals surface area (Å²) in [4.78, 5) is 24.2. The lowest BCUT2D eigenvalue weighted by Crippen LogP contribution is -2.22. The minimum absolute atomic E-state index is 0.0702. The van der Waals surface area contributed by atoms with E-state index in [2.05, 4.69) is 25.0 Å². The molecule has 1 amide bonds. The van der Waals surface area contributed by atoms with Gasteiger partial charge in [-0.3, -0.25) is 9.52 Å². The number of amides is 1. The monoisotopic (exact) mass is 453 g/mol. The normalized spacial score (nSPS) is 12.4. The first-order valence-corrected chi connectivity index (χ1v) is 11.7. The van der Waals surface area contributed by atoms with Gasteiger partial charge in [0.1, 0.15) is 5.82 Å². The van der Waals surface area contributed by atoms with Gasteiger partial charge in [-0.1, -0.05) is 30.0 Å². The number of nitrogens with one attached hydrogen (secondary N) is 3. The van der Waals surface area contributed by atoms with Crippen LogP contribution in [0.1, 0.15) is 6.92 Å². The highest BCUT2D eigenvalue weighted by molar-refractivity contribution is 8.00. The van der Waals surface area contributed by atoms with Gasteiger partial charge in [-0.2, -0.15) is 0 Å². The van der Waals surface area contributed by atoms with Crippen LogP contribution >= 0.6 is 11.8 Å². The molecule has 0 saturated carbocycles. The van der Waals surface area contributed by atoms with Crippen molar-refractivity contribution in [3.05, 3.63) is 72.9 Å². The molecule has 3 N–H and O–H groups in total. The number of H-pyrrole nitrogens is 1. The zero-order chi connectivity index (χ0) is 21.8. The molecule has 0 aliphatic carbocycles. The minimum Gasteiger partial charge on any atom is -0.333 e. The molecule has 0 spiro atoms. The van der Waals surface area contributed by atoms with Crippen LogP contribution in [0.25, 0.3) is 11.0 Å². The third-order valence-corrected chi connectivity index (χ3v) is 6.72. The van der Waals surface area contributed by atoms with Gasteiger partial charge in [-0.25, -0.2) is 18.4 Å². The van der Waals surface area contributed by atoms with Crippen LogP contribution in [0, 0.1) is 0 Å². The molecule has 0 aliphatic rings. The number of carbonyl (C=O) groups is 1. The predicted octanol–water partition coefficient (Wildman–Crippen LogP) is 3.88. The third kappa shape index (κ3) is 5.04. The average molecular weight is 454 g/mol. The second-order valence-electron chi connectivity index (χ2n) is 6.65. The lowest BCUT2D eigenvalue weighted by atomic mass is 10.3. The fourth-order valence-electron chi connectivity index (χ4n) is 2.79. The molecular weight excluding hydrogens is 434 g/mol. The number of rotatable bonds is 7. The lowest BCUT2D eigenvalue weighted by molar-refractivity contribution is -0.115. The molecule has 0 radical (unpaired) electrons. The van der Waals surface area contributed by atoms with Gasteiger partial charge in [0.05, 0.1) is 21.2 Å². The number of carbonyl (C=O) groups excluding carboxylic acids is 1. The Morgan fingerprint density at radius 3 is 2.48 bits per heavy atom. The SMILES string of the molecule is CC(Sc1nc2ccccc2[nH]1)C(=O)Nc1ccc(S(=O)(=O)Nc2ccccn2)cc1. The van der Waals surface area contributed by atoms with E-state index in [1.165, 1.54) is 30.1 Å². The number of hydrogen-bond acceptors (Lipinski definition) is 6. The molecule has 0 aliphatic heterocycles. The quantitative estimate of drug-likeness (QED) is 0.366. The molecule has 2 aromatic heterocycles. The fourth-order valence-corrected chi connectivity index (χ4v) is 4.62. The first kappa shape index (κ1) is 20.9. The highest BCUT2D eigenvalue weighted by atomic mass is 32.2. The molecule has 2 aromatic carbocycles. The van der Waals surface area contributed by atoms with Crippen molar-refractivity contribution >= 4 is 50.2 Å². The van der Waals surface area contributed by atoms with E-state index in [0.717, 1.165) is 11.0 Å². The number of aromatic amines is 1. The molecule has 8 nitrogen and oxygen atoms in total. The molecule has 4 aromatic rings. The first-order chi connectivity index (χ1) is 14.9. The van der Waals surface area contributed by atoms with Crippen LogP contribution in [0.2, 0.25) is 0 Å². The zero-order valence-corrected chi connectivity index (χ0v) is 18.1. The summed E-state index contributed by atoms with van der Waals surface area (Å²) in [5.41, 5.74) is 2.25. The van der Waals surface area contributed by atoms with Crippen molar-refractivity contribution in [2.75, 3.05) is 10.0 Å². The molecule has 0 saturated heterocycles. The lowest BCUT2D eigenvalue weighted by Gasteiger charge is -2.11. The van der Waals surface area contributed by atoms with Crippen molar-refractivity contribution in [3.63, 3.8) is 0 Å². The summed E-state index contributed by atoms with van der Waals surface area (Å²) in [7, 11) is -3.77. The van der Waals surface area contributed by atoms with Gasteiger partial charge in [0.25, 0.3) is 10.0 Å². The molecule has 1 unspecified atom stereocenters. The van der Waals surface area contributed by atoms with E-state index in [-0.39, 0.29) is 16.6 Å². The van der Waals surface area contributed by atoms with Gasteiger partial charge in [0.2, 0.25) is 5.91 Å². The van der Waals surface area contributed by atoms with Gasteiger partial charge < -0.3 is 10.3 Å². The largest absolute Gasteiger partial charge is 0.333 e. The Kier molecular flexibility index (Phi) is 5.92. The number of aromatic nitrogens is 3. The summed E-state index contributed by atoms with van der Waals surface area (Å²) >= 11 is 1.31. The maximum Gasteiger partial charge on any atom is 0.263 e. The molecular formula is C21H19N5O3S2. The Hall–Kier alpha value is -3.37. The van der Waals surface area contributed by atoms with Crippen molar-refractivity contribution in [1.82, 2.24) is 15.0 Å². The summed E-state index contributed by atoms with van der Waals surface area (Å²) in [6.45, 7) is 1.78. The van der Waals surface area contributed by atoms with E-state index in [1.54, 1.807) is 37.3 Å². The molecule has 2 heterocycles. The van der Waals surface area contributed by atoms with Crippen LogP contribution in [0.4, 0.5) is 11.5 Å². The first-order valence-electron chi connectivity index (χ1n) is 9.37. The highest BCUT2D eigenvalue weighted by Gasteiger charge is 2.18. The van der Waals surface area contributed by atoms with Crippen molar-refractivity contribution in [2.24, 2.45) is 0 Å². The van der Waals surface area contributed by atoms with Crippen molar-refractivity contribution in [2.45, 2.75) is 22.2 Å². The topological polar surface area (TPSA) is 117 Å². The Labute approximate surface area is 183 Å². The molecule has 4 rings (SSSR count). The highest BCUT2D eigenvalue weighted by Crippen LogP contribution is 2.24. The number of para-hydroxylation sites is 2. The van der Waals surface area contributed by atoms with Crippen LogP contribution in [-0.4, -0.2) is 34.5 Å². The van der Waals surface area contributed by atoms with Crippen molar-refractivity contribution in [1.29, 1.82) is 0 Å². The summed E-state index contributed by atoms with van der Waals surface area (Å²) < 4.78 is 27.3. The Morgan fingerprint density at radius 1 is 1.03 bits per heavy atom. The van der Waals surface area contributed by atoms with E-state index in [9.17, 15) is 13.2 Å². The molecule has 10 heteroatoms. The van der Waals surface area contributed by atoms with E-state index in [1.807, 2.05) is 24.3 Å². The molecule has 31 heavy (non-hydrogen) atoms. The predicted molar refractivity (Wildman–Crippen MR) is 122 cm³/mol. The average Bonchev–Trinajstić information content (AvgIpc) is 3.17. The van der Waals surface area contributed by atoms with E-state index in [4.69, 9.17) is 0 Å². The molecule has 1 atom stereocenters. The third-order valence-electron chi connectivity index (χ3n) is 4.36. The minimum atomic E-state index is -3.77. The number of benzene rings is 2. The maximum absolute atomic E-state index is 12.5. The number of thioether (sulfide) groups is 1.